The highest BCUT2D eigenvalue weighted by Crippen LogP contribution is 2.40. The molecular formula is C30H25F4N3O2S. The molecule has 1 N–H and O–H groups in total. The minimum atomic E-state index is -4.62. The molecule has 206 valence electrons. The molecule has 2 aromatic heterocycles. The molecule has 0 unspecified atom stereocenters. The molecule has 0 atom stereocenters. The summed E-state index contributed by atoms with van der Waals surface area (Å²) >= 11 is 1.31. The van der Waals surface area contributed by atoms with E-state index in [1.54, 1.807) is 37.4 Å². The fourth-order valence-corrected chi connectivity index (χ4v) is 5.25. The summed E-state index contributed by atoms with van der Waals surface area (Å²) in [6, 6.07) is 15.9. The molecule has 5 aromatic rings. The molecular weight excluding hydrogens is 542 g/mol. The van der Waals surface area contributed by atoms with Crippen molar-refractivity contribution in [2.75, 3.05) is 6.26 Å². The lowest BCUT2D eigenvalue weighted by Gasteiger charge is -2.15. The molecule has 0 fully saturated rings. The Balaban J connectivity index is 1.78. The highest BCUT2D eigenvalue weighted by Gasteiger charge is 2.35. The van der Waals surface area contributed by atoms with Gasteiger partial charge in [-0.2, -0.15) is 13.2 Å². The van der Waals surface area contributed by atoms with Crippen LogP contribution in [-0.2, 0) is 12.8 Å². The van der Waals surface area contributed by atoms with E-state index in [2.05, 4.69) is 9.97 Å². The quantitative estimate of drug-likeness (QED) is 0.166. The van der Waals surface area contributed by atoms with Crippen molar-refractivity contribution in [2.24, 2.45) is 0 Å². The maximum Gasteiger partial charge on any atom is 0.434 e. The van der Waals surface area contributed by atoms with Crippen molar-refractivity contribution in [1.82, 2.24) is 14.5 Å². The number of aliphatic hydroxyl groups excluding tert-OH is 1. The Hall–Kier alpha value is -3.89. The van der Waals surface area contributed by atoms with Crippen LogP contribution in [0.4, 0.5) is 17.6 Å². The molecule has 0 saturated heterocycles. The van der Waals surface area contributed by atoms with E-state index in [0.29, 0.717) is 44.6 Å². The maximum atomic E-state index is 14.9. The van der Waals surface area contributed by atoms with Gasteiger partial charge in [0.1, 0.15) is 17.3 Å². The molecule has 0 spiro atoms. The van der Waals surface area contributed by atoms with Gasteiger partial charge in [-0.3, -0.25) is 0 Å². The van der Waals surface area contributed by atoms with E-state index in [0.717, 1.165) is 17.3 Å². The van der Waals surface area contributed by atoms with E-state index >= 15 is 0 Å². The first kappa shape index (κ1) is 27.7. The minimum Gasteiger partial charge on any atom is -0.440 e. The lowest BCUT2D eigenvalue weighted by atomic mass is 9.97. The Morgan fingerprint density at radius 1 is 0.925 bits per heavy atom. The molecule has 0 aliphatic heterocycles. The van der Waals surface area contributed by atoms with Crippen molar-refractivity contribution < 1.29 is 27.1 Å². The van der Waals surface area contributed by atoms with Crippen LogP contribution in [0.3, 0.4) is 0 Å². The van der Waals surface area contributed by atoms with Crippen LogP contribution in [0.15, 0.2) is 70.1 Å². The second-order valence-electron chi connectivity index (χ2n) is 9.35. The van der Waals surface area contributed by atoms with Crippen molar-refractivity contribution in [3.05, 3.63) is 95.1 Å². The van der Waals surface area contributed by atoms with Crippen LogP contribution in [0, 0.1) is 26.6 Å². The van der Waals surface area contributed by atoms with E-state index in [1.807, 2.05) is 31.2 Å². The van der Waals surface area contributed by atoms with E-state index in [1.165, 1.54) is 29.3 Å². The molecule has 0 radical (unpaired) electrons. The Kier molecular flexibility index (Phi) is 7.32. The number of thioether (sulfide) groups is 1. The predicted octanol–water partition coefficient (Wildman–Crippen LogP) is 8.16. The van der Waals surface area contributed by atoms with E-state index in [9.17, 15) is 22.7 Å². The average Bonchev–Trinajstić information content (AvgIpc) is 3.50. The third-order valence-corrected chi connectivity index (χ3v) is 7.40. The summed E-state index contributed by atoms with van der Waals surface area (Å²) in [6.45, 7) is 4.71. The Bertz CT molecular complexity index is 1710. The van der Waals surface area contributed by atoms with Gasteiger partial charge in [-0.25, -0.2) is 14.4 Å². The summed E-state index contributed by atoms with van der Waals surface area (Å²) in [4.78, 5) is 8.96. The Morgan fingerprint density at radius 2 is 1.62 bits per heavy atom. The maximum absolute atomic E-state index is 14.9. The zero-order valence-corrected chi connectivity index (χ0v) is 22.9. The highest BCUT2D eigenvalue weighted by atomic mass is 32.2. The number of aromatic nitrogens is 3. The number of aryl methyl sites for hydroxylation is 3. The molecule has 5 nitrogen and oxygen atoms in total. The number of nitrogens with zero attached hydrogens (tertiary/aromatic N) is 3. The summed E-state index contributed by atoms with van der Waals surface area (Å²) in [7, 11) is 0. The van der Waals surface area contributed by atoms with E-state index < -0.39 is 24.3 Å². The molecule has 40 heavy (non-hydrogen) atoms. The van der Waals surface area contributed by atoms with Crippen molar-refractivity contribution >= 4 is 11.8 Å². The Labute approximate surface area is 232 Å². The van der Waals surface area contributed by atoms with Crippen LogP contribution in [0.2, 0.25) is 0 Å². The Morgan fingerprint density at radius 3 is 2.25 bits per heavy atom. The molecule has 0 amide bonds. The van der Waals surface area contributed by atoms with Gasteiger partial charge in [-0.1, -0.05) is 35.9 Å². The zero-order valence-electron chi connectivity index (χ0n) is 22.1. The largest absolute Gasteiger partial charge is 0.440 e. The number of alkyl halides is 3. The summed E-state index contributed by atoms with van der Waals surface area (Å²) in [5.74, 6) is 0.425. The molecule has 2 heterocycles. The van der Waals surface area contributed by atoms with Crippen LogP contribution in [0.5, 0.6) is 0 Å². The summed E-state index contributed by atoms with van der Waals surface area (Å²) in [6.07, 6.45) is -1.87. The number of hydrogen-bond acceptors (Lipinski definition) is 5. The van der Waals surface area contributed by atoms with Crippen molar-refractivity contribution in [3.8, 4) is 39.4 Å². The molecule has 0 aliphatic rings. The predicted molar refractivity (Wildman–Crippen MR) is 147 cm³/mol. The van der Waals surface area contributed by atoms with E-state index in [4.69, 9.17) is 4.42 Å². The van der Waals surface area contributed by atoms with Gasteiger partial charge in [0.25, 0.3) is 0 Å². The van der Waals surface area contributed by atoms with E-state index in [-0.39, 0.29) is 11.4 Å². The lowest BCUT2D eigenvalue weighted by Crippen LogP contribution is -2.05. The summed E-state index contributed by atoms with van der Waals surface area (Å²) < 4.78 is 62.9. The van der Waals surface area contributed by atoms with Gasteiger partial charge in [0.05, 0.1) is 12.3 Å². The normalized spacial score (nSPS) is 11.8. The lowest BCUT2D eigenvalue weighted by molar-refractivity contribution is -0.141. The first-order chi connectivity index (χ1) is 19.0. The number of aliphatic hydroxyl groups is 1. The number of hydrogen-bond donors (Lipinski definition) is 1. The number of oxazole rings is 1. The summed E-state index contributed by atoms with van der Waals surface area (Å²) in [5, 5.41) is 9.63. The first-order valence-corrected chi connectivity index (χ1v) is 13.5. The third kappa shape index (κ3) is 5.16. The number of imidazole rings is 1. The fraction of sp³-hybridized carbons (Fsp3) is 0.200. The highest BCUT2D eigenvalue weighted by molar-refractivity contribution is 7.98. The standard InChI is InChI=1S/C30H25F4N3O2S/c1-16-5-7-19(8-6-16)29-28(36-18(3)39-29)22-11-20(21-12-24(31)23(15-38)26(13-21)40-4)9-10-25(22)37-14-27(30(32,33)34)35-17(37)2/h5-14,38H,15H2,1-4H3. The molecule has 0 aliphatic carbocycles. The van der Waals surface area contributed by atoms with Crippen LogP contribution in [0.1, 0.15) is 28.5 Å². The fourth-order valence-electron chi connectivity index (χ4n) is 4.59. The van der Waals surface area contributed by atoms with Crippen LogP contribution in [0.25, 0.3) is 39.4 Å². The van der Waals surface area contributed by atoms with Gasteiger partial charge in [0.15, 0.2) is 17.3 Å². The van der Waals surface area contributed by atoms with Gasteiger partial charge in [-0.15, -0.1) is 11.8 Å². The van der Waals surface area contributed by atoms with Crippen molar-refractivity contribution in [3.63, 3.8) is 0 Å². The third-order valence-electron chi connectivity index (χ3n) is 6.60. The molecule has 5 rings (SSSR count). The summed E-state index contributed by atoms with van der Waals surface area (Å²) in [5.41, 5.74) is 3.47. The number of benzene rings is 3. The van der Waals surface area contributed by atoms with Gasteiger partial charge >= 0.3 is 6.18 Å². The van der Waals surface area contributed by atoms with Gasteiger partial charge in [0.2, 0.25) is 0 Å². The van der Waals surface area contributed by atoms with Gasteiger partial charge < -0.3 is 14.1 Å². The molecule has 3 aromatic carbocycles. The van der Waals surface area contributed by atoms with Crippen molar-refractivity contribution in [2.45, 2.75) is 38.4 Å². The second kappa shape index (κ2) is 10.6. The smallest absolute Gasteiger partial charge is 0.434 e. The minimum absolute atomic E-state index is 0.140. The zero-order chi connectivity index (χ0) is 28.8. The van der Waals surface area contributed by atoms with Crippen molar-refractivity contribution in [1.29, 1.82) is 0 Å². The number of rotatable bonds is 6. The number of halogens is 4. The topological polar surface area (TPSA) is 64.1 Å². The molecule has 10 heteroatoms. The molecule has 0 saturated carbocycles. The average molecular weight is 568 g/mol. The van der Waals surface area contributed by atoms with Crippen LogP contribution >= 0.6 is 11.8 Å². The second-order valence-corrected chi connectivity index (χ2v) is 10.2. The molecule has 0 bridgehead atoms. The van der Waals surface area contributed by atoms with Gasteiger partial charge in [-0.05, 0) is 55.5 Å². The van der Waals surface area contributed by atoms with Gasteiger partial charge in [0, 0.05) is 34.7 Å². The van der Waals surface area contributed by atoms with Crippen LogP contribution in [-0.4, -0.2) is 25.9 Å². The SMILES string of the molecule is CSc1cc(-c2ccc(-n3cc(C(F)(F)F)nc3C)c(-c3nc(C)oc3-c3ccc(C)cc3)c2)cc(F)c1CO. The first-order valence-electron chi connectivity index (χ1n) is 12.3. The van der Waals surface area contributed by atoms with Crippen LogP contribution < -0.4 is 0 Å². The monoisotopic (exact) mass is 567 g/mol.